The first-order valence-electron chi connectivity index (χ1n) is 12.2. The Morgan fingerprint density at radius 2 is 1.68 bits per heavy atom. The molecule has 6 rings (SSSR count). The molecule has 6 nitrogen and oxygen atoms in total. The zero-order valence-corrected chi connectivity index (χ0v) is 20.0. The maximum atomic E-state index is 13.2. The lowest BCUT2D eigenvalue weighted by Gasteiger charge is -2.34. The second kappa shape index (κ2) is 9.35. The lowest BCUT2D eigenvalue weighted by Crippen LogP contribution is -2.46. The summed E-state index contributed by atoms with van der Waals surface area (Å²) in [6.07, 6.45) is 4.97. The average molecular weight is 477 g/mol. The summed E-state index contributed by atoms with van der Waals surface area (Å²) in [6, 6.07) is 17.7. The number of benzene rings is 2. The van der Waals surface area contributed by atoms with Crippen LogP contribution in [-0.4, -0.2) is 51.7 Å². The Morgan fingerprint density at radius 3 is 2.41 bits per heavy atom. The van der Waals surface area contributed by atoms with Crippen molar-refractivity contribution >= 4 is 27.2 Å². The molecular weight excluding hydrogens is 447 g/mol. The second-order valence-electron chi connectivity index (χ2n) is 9.27. The molecule has 0 radical (unpaired) electrons. The number of hydrogen-bond donors (Lipinski definition) is 1. The summed E-state index contributed by atoms with van der Waals surface area (Å²) < 4.78 is 15.2. The number of aromatic nitrogens is 3. The molecule has 2 aromatic heterocycles. The van der Waals surface area contributed by atoms with Gasteiger partial charge in [0.1, 0.15) is 11.5 Å². The Morgan fingerprint density at radius 1 is 0.941 bits per heavy atom. The number of nitrogens with zero attached hydrogens (tertiary/aromatic N) is 5. The van der Waals surface area contributed by atoms with Crippen LogP contribution < -0.4 is 10.2 Å². The molecule has 2 aliphatic rings. The molecule has 4 aromatic rings. The van der Waals surface area contributed by atoms with Crippen LogP contribution in [0.5, 0.6) is 0 Å². The highest BCUT2D eigenvalue weighted by Crippen LogP contribution is 2.35. The van der Waals surface area contributed by atoms with Gasteiger partial charge in [0.05, 0.1) is 0 Å². The van der Waals surface area contributed by atoms with E-state index in [1.165, 1.54) is 37.8 Å². The average Bonchev–Trinajstić information content (AvgIpc) is 3.60. The van der Waals surface area contributed by atoms with Crippen LogP contribution >= 0.6 is 11.3 Å². The standard InChI is InChI=1S/C26H29FN6S/c27-21-12-10-19(11-13-21)18-31-14-16-32(17-15-31)26-30-33-24(28-22-8-4-5-9-22)23(29-25(33)34-26)20-6-2-1-3-7-20/h1-3,6-7,10-13,22,28H,4-5,8-9,14-18H2. The number of piperazine rings is 1. The largest absolute Gasteiger partial charge is 0.365 e. The molecule has 0 amide bonds. The van der Waals surface area contributed by atoms with E-state index in [1.807, 2.05) is 22.7 Å². The van der Waals surface area contributed by atoms with Crippen LogP contribution in [-0.2, 0) is 6.54 Å². The molecule has 0 atom stereocenters. The predicted molar refractivity (Wildman–Crippen MR) is 136 cm³/mol. The molecule has 0 bridgehead atoms. The fourth-order valence-electron chi connectivity index (χ4n) is 5.00. The molecular formula is C26H29FN6S. The summed E-state index contributed by atoms with van der Waals surface area (Å²) in [5.74, 6) is 0.838. The van der Waals surface area contributed by atoms with Gasteiger partial charge in [0.2, 0.25) is 10.1 Å². The molecule has 8 heteroatoms. The van der Waals surface area contributed by atoms with Crippen LogP contribution in [0.4, 0.5) is 15.3 Å². The zero-order valence-electron chi connectivity index (χ0n) is 19.2. The summed E-state index contributed by atoms with van der Waals surface area (Å²) in [6.45, 7) is 4.62. The first-order valence-corrected chi connectivity index (χ1v) is 13.0. The molecule has 2 fully saturated rings. The van der Waals surface area contributed by atoms with E-state index in [0.717, 1.165) is 65.5 Å². The number of fused-ring (bicyclic) bond motifs is 1. The monoisotopic (exact) mass is 476 g/mol. The lowest BCUT2D eigenvalue weighted by atomic mass is 10.1. The summed E-state index contributed by atoms with van der Waals surface area (Å²) >= 11 is 1.66. The van der Waals surface area contributed by atoms with E-state index in [9.17, 15) is 4.39 Å². The highest BCUT2D eigenvalue weighted by atomic mass is 32.1. The van der Waals surface area contributed by atoms with Gasteiger partial charge in [-0.1, -0.05) is 66.6 Å². The topological polar surface area (TPSA) is 48.7 Å². The number of rotatable bonds is 6. The van der Waals surface area contributed by atoms with E-state index in [-0.39, 0.29) is 5.82 Å². The van der Waals surface area contributed by atoms with Crippen molar-refractivity contribution in [3.8, 4) is 11.3 Å². The zero-order chi connectivity index (χ0) is 22.9. The summed E-state index contributed by atoms with van der Waals surface area (Å²) in [5, 5.41) is 9.82. The van der Waals surface area contributed by atoms with E-state index >= 15 is 0 Å². The third-order valence-electron chi connectivity index (χ3n) is 6.90. The quantitative estimate of drug-likeness (QED) is 0.411. The minimum Gasteiger partial charge on any atom is -0.365 e. The Hall–Kier alpha value is -2.97. The number of nitrogens with one attached hydrogen (secondary N) is 1. The third kappa shape index (κ3) is 4.40. The Labute approximate surface area is 203 Å². The van der Waals surface area contributed by atoms with Crippen LogP contribution in [0, 0.1) is 5.82 Å². The molecule has 1 aliphatic carbocycles. The van der Waals surface area contributed by atoms with Gasteiger partial charge in [-0.15, -0.1) is 5.10 Å². The first kappa shape index (κ1) is 21.6. The summed E-state index contributed by atoms with van der Waals surface area (Å²) in [4.78, 5) is 10.7. The summed E-state index contributed by atoms with van der Waals surface area (Å²) in [7, 11) is 0. The Bertz CT molecular complexity index is 1240. The molecule has 1 aliphatic heterocycles. The van der Waals surface area contributed by atoms with Crippen LogP contribution in [0.2, 0.25) is 0 Å². The van der Waals surface area contributed by atoms with Crippen LogP contribution in [0.25, 0.3) is 16.2 Å². The van der Waals surface area contributed by atoms with Gasteiger partial charge in [-0.2, -0.15) is 4.52 Å². The van der Waals surface area contributed by atoms with Crippen molar-refractivity contribution in [2.24, 2.45) is 0 Å². The third-order valence-corrected chi connectivity index (χ3v) is 7.87. The van der Waals surface area contributed by atoms with Crippen molar-refractivity contribution in [3.63, 3.8) is 0 Å². The molecule has 1 saturated carbocycles. The number of hydrogen-bond acceptors (Lipinski definition) is 6. The minimum atomic E-state index is -0.181. The van der Waals surface area contributed by atoms with Crippen molar-refractivity contribution in [1.29, 1.82) is 0 Å². The molecule has 0 unspecified atom stereocenters. The van der Waals surface area contributed by atoms with Gasteiger partial charge >= 0.3 is 0 Å². The minimum absolute atomic E-state index is 0.181. The number of imidazole rings is 1. The van der Waals surface area contributed by atoms with Gasteiger partial charge in [-0.25, -0.2) is 9.37 Å². The van der Waals surface area contributed by atoms with E-state index in [2.05, 4.69) is 39.4 Å². The van der Waals surface area contributed by atoms with E-state index < -0.39 is 0 Å². The smallest absolute Gasteiger partial charge is 0.216 e. The highest BCUT2D eigenvalue weighted by Gasteiger charge is 2.25. The van der Waals surface area contributed by atoms with Crippen LogP contribution in [0.1, 0.15) is 31.2 Å². The van der Waals surface area contributed by atoms with E-state index in [0.29, 0.717) is 6.04 Å². The van der Waals surface area contributed by atoms with Crippen molar-refractivity contribution in [2.75, 3.05) is 36.4 Å². The van der Waals surface area contributed by atoms with Gasteiger partial charge in [0, 0.05) is 44.3 Å². The maximum Gasteiger partial charge on any atom is 0.216 e. The lowest BCUT2D eigenvalue weighted by molar-refractivity contribution is 0.249. The maximum absolute atomic E-state index is 13.2. The van der Waals surface area contributed by atoms with E-state index in [4.69, 9.17) is 10.1 Å². The van der Waals surface area contributed by atoms with E-state index in [1.54, 1.807) is 11.3 Å². The molecule has 1 N–H and O–H groups in total. The Kier molecular flexibility index (Phi) is 5.93. The van der Waals surface area contributed by atoms with Crippen LogP contribution in [0.3, 0.4) is 0 Å². The van der Waals surface area contributed by atoms with Gasteiger partial charge < -0.3 is 10.2 Å². The molecule has 2 aromatic carbocycles. The second-order valence-corrected chi connectivity index (χ2v) is 10.2. The van der Waals surface area contributed by atoms with Gasteiger partial charge in [0.25, 0.3) is 0 Å². The SMILES string of the molecule is Fc1ccc(CN2CCN(c3nn4c(NC5CCCC5)c(-c5ccccc5)nc4s3)CC2)cc1. The van der Waals surface area contributed by atoms with Crippen LogP contribution in [0.15, 0.2) is 54.6 Å². The molecule has 0 spiro atoms. The molecule has 34 heavy (non-hydrogen) atoms. The normalized spacial score (nSPS) is 17.6. The first-order chi connectivity index (χ1) is 16.7. The molecule has 176 valence electrons. The number of halogens is 1. The predicted octanol–water partition coefficient (Wildman–Crippen LogP) is 5.27. The van der Waals surface area contributed by atoms with Gasteiger partial charge in [-0.3, -0.25) is 4.90 Å². The Balaban J connectivity index is 1.21. The van der Waals surface area contributed by atoms with Crippen molar-refractivity contribution in [1.82, 2.24) is 19.5 Å². The van der Waals surface area contributed by atoms with Crippen molar-refractivity contribution < 1.29 is 4.39 Å². The summed E-state index contributed by atoms with van der Waals surface area (Å²) in [5.41, 5.74) is 3.26. The fraction of sp³-hybridized carbons (Fsp3) is 0.385. The molecule has 3 heterocycles. The molecule has 1 saturated heterocycles. The van der Waals surface area contributed by atoms with Crippen molar-refractivity contribution in [2.45, 2.75) is 38.3 Å². The van der Waals surface area contributed by atoms with Crippen molar-refractivity contribution in [3.05, 3.63) is 66.0 Å². The van der Waals surface area contributed by atoms with Gasteiger partial charge in [-0.05, 0) is 30.5 Å². The number of anilines is 2. The van der Waals surface area contributed by atoms with Gasteiger partial charge in [0.15, 0.2) is 5.82 Å². The fourth-order valence-corrected chi connectivity index (χ4v) is 5.95. The highest BCUT2D eigenvalue weighted by molar-refractivity contribution is 7.20.